The van der Waals surface area contributed by atoms with Gasteiger partial charge in [0, 0.05) is 12.8 Å². The lowest BCUT2D eigenvalue weighted by Gasteiger charge is -2.38. The predicted octanol–water partition coefficient (Wildman–Crippen LogP) is 6.08. The second kappa shape index (κ2) is 8.59. The molecule has 0 saturated carbocycles. The summed E-state index contributed by atoms with van der Waals surface area (Å²) in [6.07, 6.45) is 3.54. The fourth-order valence-corrected chi connectivity index (χ4v) is 3.77. The molecular formula is C18H28FIOSi. The van der Waals surface area contributed by atoms with E-state index in [1.165, 1.54) is 5.56 Å². The molecule has 0 aliphatic rings. The van der Waals surface area contributed by atoms with Gasteiger partial charge in [0.15, 0.2) is 8.32 Å². The highest BCUT2D eigenvalue weighted by atomic mass is 127. The lowest BCUT2D eigenvalue weighted by molar-refractivity contribution is 0.225. The quantitative estimate of drug-likeness (QED) is 0.373. The van der Waals surface area contributed by atoms with Crippen molar-refractivity contribution in [3.05, 3.63) is 45.6 Å². The van der Waals surface area contributed by atoms with Gasteiger partial charge in [-0.1, -0.05) is 73.7 Å². The predicted molar refractivity (Wildman–Crippen MR) is 105 cm³/mol. The van der Waals surface area contributed by atoms with Crippen molar-refractivity contribution in [2.75, 3.05) is 6.67 Å². The van der Waals surface area contributed by atoms with Crippen molar-refractivity contribution in [1.82, 2.24) is 0 Å². The van der Waals surface area contributed by atoms with Crippen LogP contribution in [0, 0.1) is 0 Å². The van der Waals surface area contributed by atoms with Gasteiger partial charge >= 0.3 is 0 Å². The normalized spacial score (nSPS) is 14.5. The molecule has 0 heterocycles. The lowest BCUT2D eigenvalue weighted by atomic mass is 10.0. The summed E-state index contributed by atoms with van der Waals surface area (Å²) in [7, 11) is -1.80. The lowest BCUT2D eigenvalue weighted by Crippen LogP contribution is -2.44. The third-order valence-electron chi connectivity index (χ3n) is 4.35. The first-order chi connectivity index (χ1) is 10.2. The molecule has 0 aliphatic heterocycles. The minimum absolute atomic E-state index is 0.0819. The zero-order valence-electron chi connectivity index (χ0n) is 14.3. The number of aryl methyl sites for hydroxylation is 1. The minimum Gasteiger partial charge on any atom is -0.410 e. The van der Waals surface area contributed by atoms with Gasteiger partial charge in [-0.2, -0.15) is 0 Å². The highest BCUT2D eigenvalue weighted by Gasteiger charge is 2.38. The topological polar surface area (TPSA) is 9.23 Å². The molecule has 0 fully saturated rings. The number of benzene rings is 1. The zero-order valence-corrected chi connectivity index (χ0v) is 17.5. The number of hydrogen-bond donors (Lipinski definition) is 0. The van der Waals surface area contributed by atoms with Crippen molar-refractivity contribution < 1.29 is 8.82 Å². The number of rotatable bonds is 7. The molecule has 1 aromatic rings. The van der Waals surface area contributed by atoms with Crippen LogP contribution in [-0.2, 0) is 17.3 Å². The maximum absolute atomic E-state index is 12.5. The van der Waals surface area contributed by atoms with Gasteiger partial charge < -0.3 is 4.43 Å². The van der Waals surface area contributed by atoms with Crippen molar-refractivity contribution >= 4 is 30.9 Å². The molecule has 0 radical (unpaired) electrons. The van der Waals surface area contributed by atoms with Crippen molar-refractivity contribution in [3.63, 3.8) is 0 Å². The molecule has 0 amide bonds. The summed E-state index contributed by atoms with van der Waals surface area (Å²) in [6, 6.07) is 8.20. The molecule has 0 N–H and O–H groups in total. The average molecular weight is 434 g/mol. The number of alkyl halides is 1. The van der Waals surface area contributed by atoms with Crippen LogP contribution >= 0.6 is 22.6 Å². The Morgan fingerprint density at radius 3 is 2.45 bits per heavy atom. The molecule has 0 unspecified atom stereocenters. The van der Waals surface area contributed by atoms with E-state index in [4.69, 9.17) is 4.43 Å². The van der Waals surface area contributed by atoms with Gasteiger partial charge in [0.25, 0.3) is 0 Å². The molecule has 0 saturated heterocycles. The summed E-state index contributed by atoms with van der Waals surface area (Å²) in [4.78, 5) is 0. The Bertz CT molecular complexity index is 494. The third-order valence-corrected chi connectivity index (χ3v) is 9.27. The SMILES string of the molecule is CC(C)(C)[Si](C)(C)O[C@H](/C=C/I)Cc1cccc(CCF)c1. The minimum atomic E-state index is -1.80. The molecule has 1 atom stereocenters. The second-order valence-corrected chi connectivity index (χ2v) is 12.7. The van der Waals surface area contributed by atoms with Gasteiger partial charge in [-0.05, 0) is 33.3 Å². The van der Waals surface area contributed by atoms with Crippen LogP contribution < -0.4 is 0 Å². The van der Waals surface area contributed by atoms with Crippen LogP contribution in [-0.4, -0.2) is 21.1 Å². The van der Waals surface area contributed by atoms with Gasteiger partial charge in [-0.3, -0.25) is 4.39 Å². The van der Waals surface area contributed by atoms with E-state index in [-0.39, 0.29) is 17.8 Å². The smallest absolute Gasteiger partial charge is 0.192 e. The molecule has 4 heteroatoms. The van der Waals surface area contributed by atoms with E-state index in [1.807, 2.05) is 16.2 Å². The second-order valence-electron chi connectivity index (χ2n) is 7.20. The summed E-state index contributed by atoms with van der Waals surface area (Å²) in [6.45, 7) is 11.0. The first-order valence-corrected chi connectivity index (χ1v) is 11.9. The van der Waals surface area contributed by atoms with Crippen LogP contribution in [0.4, 0.5) is 4.39 Å². The third kappa shape index (κ3) is 6.12. The van der Waals surface area contributed by atoms with E-state index < -0.39 is 8.32 Å². The van der Waals surface area contributed by atoms with Crippen LogP contribution in [0.5, 0.6) is 0 Å². The van der Waals surface area contributed by atoms with Gasteiger partial charge in [-0.25, -0.2) is 0 Å². The zero-order chi connectivity index (χ0) is 16.8. The van der Waals surface area contributed by atoms with Crippen LogP contribution in [0.1, 0.15) is 31.9 Å². The molecule has 0 aliphatic carbocycles. The van der Waals surface area contributed by atoms with E-state index in [9.17, 15) is 4.39 Å². The van der Waals surface area contributed by atoms with Gasteiger partial charge in [0.1, 0.15) is 0 Å². The largest absolute Gasteiger partial charge is 0.410 e. The molecule has 1 aromatic carbocycles. The Kier molecular flexibility index (Phi) is 7.75. The summed E-state index contributed by atoms with van der Waals surface area (Å²) in [5.74, 6) is 0. The highest BCUT2D eigenvalue weighted by molar-refractivity contribution is 14.1. The molecule has 0 spiro atoms. The molecule has 0 bridgehead atoms. The monoisotopic (exact) mass is 434 g/mol. The standard InChI is InChI=1S/C18H28FIOSi/c1-18(2,3)22(4,5)21-17(10-12-20)14-16-8-6-7-15(13-16)9-11-19/h6-8,10,12-13,17H,9,11,14H2,1-5H3/b12-10+/t17-/m1/s1. The molecule has 124 valence electrons. The maximum atomic E-state index is 12.5. The number of halogens is 2. The first-order valence-electron chi connectivity index (χ1n) is 7.78. The highest BCUT2D eigenvalue weighted by Crippen LogP contribution is 2.37. The average Bonchev–Trinajstić information content (AvgIpc) is 2.38. The van der Waals surface area contributed by atoms with Crippen LogP contribution in [0.2, 0.25) is 18.1 Å². The molecule has 0 aromatic heterocycles. The van der Waals surface area contributed by atoms with Crippen LogP contribution in [0.3, 0.4) is 0 Å². The summed E-state index contributed by atoms with van der Waals surface area (Å²) >= 11 is 2.24. The Morgan fingerprint density at radius 2 is 1.91 bits per heavy atom. The van der Waals surface area contributed by atoms with E-state index in [1.54, 1.807) is 0 Å². The van der Waals surface area contributed by atoms with E-state index in [0.717, 1.165) is 12.0 Å². The van der Waals surface area contributed by atoms with Gasteiger partial charge in [0.05, 0.1) is 12.8 Å². The Morgan fingerprint density at radius 1 is 1.27 bits per heavy atom. The summed E-state index contributed by atoms with van der Waals surface area (Å²) in [5.41, 5.74) is 2.27. The fourth-order valence-electron chi connectivity index (χ4n) is 2.04. The van der Waals surface area contributed by atoms with Crippen molar-refractivity contribution in [1.29, 1.82) is 0 Å². The van der Waals surface area contributed by atoms with E-state index >= 15 is 0 Å². The molecular weight excluding hydrogens is 406 g/mol. The Balaban J connectivity index is 2.87. The summed E-state index contributed by atoms with van der Waals surface area (Å²) < 4.78 is 21.1. The van der Waals surface area contributed by atoms with Crippen LogP contribution in [0.15, 0.2) is 34.4 Å². The van der Waals surface area contributed by atoms with Gasteiger partial charge in [-0.15, -0.1) is 0 Å². The number of hydrogen-bond acceptors (Lipinski definition) is 1. The van der Waals surface area contributed by atoms with E-state index in [0.29, 0.717) is 6.42 Å². The fraction of sp³-hybridized carbons (Fsp3) is 0.556. The van der Waals surface area contributed by atoms with Crippen molar-refractivity contribution in [2.24, 2.45) is 0 Å². The van der Waals surface area contributed by atoms with Gasteiger partial charge in [0.2, 0.25) is 0 Å². The maximum Gasteiger partial charge on any atom is 0.192 e. The Labute approximate surface area is 149 Å². The summed E-state index contributed by atoms with van der Waals surface area (Å²) in [5, 5.41) is 0.195. The van der Waals surface area contributed by atoms with Crippen molar-refractivity contribution in [3.8, 4) is 0 Å². The molecule has 1 rings (SSSR count). The van der Waals surface area contributed by atoms with E-state index in [2.05, 4.69) is 74.7 Å². The first kappa shape index (κ1) is 19.8. The van der Waals surface area contributed by atoms with Crippen molar-refractivity contribution in [2.45, 2.75) is 57.8 Å². The molecule has 22 heavy (non-hydrogen) atoms. The van der Waals surface area contributed by atoms with Crippen LogP contribution in [0.25, 0.3) is 0 Å². The Hall–Kier alpha value is -0.203. The molecule has 1 nitrogen and oxygen atoms in total.